The second kappa shape index (κ2) is 4.72. The van der Waals surface area contributed by atoms with Crippen molar-refractivity contribution in [3.05, 3.63) is 29.6 Å². The SMILES string of the molecule is Cc1ccc(S(=O)(=O)NC2CCNC2)c(F)c1. The number of rotatable bonds is 3. The number of aryl methyl sites for hydroxylation is 1. The van der Waals surface area contributed by atoms with Gasteiger partial charge >= 0.3 is 0 Å². The molecule has 1 aromatic carbocycles. The van der Waals surface area contributed by atoms with Gasteiger partial charge in [0.05, 0.1) is 0 Å². The van der Waals surface area contributed by atoms with E-state index < -0.39 is 15.8 Å². The molecule has 2 rings (SSSR count). The van der Waals surface area contributed by atoms with Crippen LogP contribution in [0.3, 0.4) is 0 Å². The van der Waals surface area contributed by atoms with Crippen LogP contribution in [0.25, 0.3) is 0 Å². The van der Waals surface area contributed by atoms with E-state index in [0.29, 0.717) is 12.1 Å². The zero-order valence-corrected chi connectivity index (χ0v) is 10.3. The number of sulfonamides is 1. The minimum absolute atomic E-state index is 0.152. The summed E-state index contributed by atoms with van der Waals surface area (Å²) in [5.41, 5.74) is 0.698. The quantitative estimate of drug-likeness (QED) is 0.842. The lowest BCUT2D eigenvalue weighted by Gasteiger charge is -2.12. The van der Waals surface area contributed by atoms with Crippen LogP contribution in [0.2, 0.25) is 0 Å². The molecule has 6 heteroatoms. The van der Waals surface area contributed by atoms with E-state index in [0.717, 1.165) is 13.0 Å². The van der Waals surface area contributed by atoms with Crippen molar-refractivity contribution >= 4 is 10.0 Å². The molecular formula is C11H15FN2O2S. The standard InChI is InChI=1S/C11H15FN2O2S/c1-8-2-3-11(10(12)6-8)17(15,16)14-9-4-5-13-7-9/h2-3,6,9,13-14H,4-5,7H2,1H3. The van der Waals surface area contributed by atoms with Crippen LogP contribution in [-0.4, -0.2) is 27.5 Å². The van der Waals surface area contributed by atoms with Crippen LogP contribution < -0.4 is 10.0 Å². The number of hydrogen-bond acceptors (Lipinski definition) is 3. The third-order valence-electron chi connectivity index (χ3n) is 2.76. The van der Waals surface area contributed by atoms with Gasteiger partial charge in [-0.2, -0.15) is 0 Å². The van der Waals surface area contributed by atoms with Crippen molar-refractivity contribution in [2.24, 2.45) is 0 Å². The molecule has 0 saturated carbocycles. The van der Waals surface area contributed by atoms with Crippen molar-refractivity contribution in [2.45, 2.75) is 24.3 Å². The third-order valence-corrected chi connectivity index (χ3v) is 4.31. The van der Waals surface area contributed by atoms with Crippen LogP contribution in [0.4, 0.5) is 4.39 Å². The lowest BCUT2D eigenvalue weighted by atomic mass is 10.2. The lowest BCUT2D eigenvalue weighted by molar-refractivity contribution is 0.542. The molecule has 2 N–H and O–H groups in total. The van der Waals surface area contributed by atoms with E-state index in [-0.39, 0.29) is 10.9 Å². The molecule has 17 heavy (non-hydrogen) atoms. The predicted octanol–water partition coefficient (Wildman–Crippen LogP) is 0.774. The molecular weight excluding hydrogens is 243 g/mol. The Morgan fingerprint density at radius 1 is 1.47 bits per heavy atom. The van der Waals surface area contributed by atoms with Gasteiger partial charge in [-0.05, 0) is 37.6 Å². The topological polar surface area (TPSA) is 58.2 Å². The summed E-state index contributed by atoms with van der Waals surface area (Å²) in [4.78, 5) is -0.282. The van der Waals surface area contributed by atoms with Crippen molar-refractivity contribution in [3.63, 3.8) is 0 Å². The Morgan fingerprint density at radius 3 is 2.82 bits per heavy atom. The van der Waals surface area contributed by atoms with E-state index in [9.17, 15) is 12.8 Å². The normalized spacial score (nSPS) is 20.7. The fourth-order valence-electron chi connectivity index (χ4n) is 1.86. The first-order valence-electron chi connectivity index (χ1n) is 5.48. The maximum Gasteiger partial charge on any atom is 0.243 e. The van der Waals surface area contributed by atoms with Crippen LogP contribution in [0, 0.1) is 12.7 Å². The summed E-state index contributed by atoms with van der Waals surface area (Å²) in [5, 5.41) is 3.05. The second-order valence-electron chi connectivity index (χ2n) is 4.24. The van der Waals surface area contributed by atoms with E-state index in [1.165, 1.54) is 12.1 Å². The molecule has 4 nitrogen and oxygen atoms in total. The average Bonchev–Trinajstić information content (AvgIpc) is 2.68. The van der Waals surface area contributed by atoms with Crippen LogP contribution >= 0.6 is 0 Å². The summed E-state index contributed by atoms with van der Waals surface area (Å²) in [6.45, 7) is 3.09. The zero-order chi connectivity index (χ0) is 12.5. The first kappa shape index (κ1) is 12.5. The van der Waals surface area contributed by atoms with Gasteiger partial charge in [-0.3, -0.25) is 0 Å². The zero-order valence-electron chi connectivity index (χ0n) is 9.53. The second-order valence-corrected chi connectivity index (χ2v) is 5.93. The Labute approximate surface area is 100 Å². The highest BCUT2D eigenvalue weighted by Crippen LogP contribution is 2.16. The largest absolute Gasteiger partial charge is 0.315 e. The molecule has 1 saturated heterocycles. The highest BCUT2D eigenvalue weighted by molar-refractivity contribution is 7.89. The molecule has 0 aromatic heterocycles. The summed E-state index contributed by atoms with van der Waals surface area (Å²) < 4.78 is 40.0. The molecule has 1 fully saturated rings. The van der Waals surface area contributed by atoms with Gasteiger partial charge in [0.2, 0.25) is 10.0 Å². The highest BCUT2D eigenvalue weighted by atomic mass is 32.2. The Bertz CT molecular complexity index is 510. The maximum atomic E-state index is 13.6. The summed E-state index contributed by atoms with van der Waals surface area (Å²) in [7, 11) is -3.76. The summed E-state index contributed by atoms with van der Waals surface area (Å²) in [6.07, 6.45) is 0.729. The van der Waals surface area contributed by atoms with Gasteiger partial charge in [0, 0.05) is 12.6 Å². The van der Waals surface area contributed by atoms with Crippen LogP contribution in [-0.2, 0) is 10.0 Å². The Kier molecular flexibility index (Phi) is 3.46. The molecule has 0 aliphatic carbocycles. The number of hydrogen-bond donors (Lipinski definition) is 2. The van der Waals surface area contributed by atoms with Crippen molar-refractivity contribution in [3.8, 4) is 0 Å². The number of nitrogens with one attached hydrogen (secondary N) is 2. The van der Waals surface area contributed by atoms with Crippen LogP contribution in [0.5, 0.6) is 0 Å². The molecule has 0 spiro atoms. The first-order chi connectivity index (χ1) is 7.99. The molecule has 94 valence electrons. The van der Waals surface area contributed by atoms with E-state index in [4.69, 9.17) is 0 Å². The molecule has 1 aliphatic heterocycles. The Hall–Kier alpha value is -0.980. The minimum Gasteiger partial charge on any atom is -0.315 e. The molecule has 1 aromatic rings. The predicted molar refractivity (Wildman–Crippen MR) is 62.7 cm³/mol. The first-order valence-corrected chi connectivity index (χ1v) is 6.96. The molecule has 1 unspecified atom stereocenters. The molecule has 1 atom stereocenters. The van der Waals surface area contributed by atoms with Gasteiger partial charge in [0.1, 0.15) is 10.7 Å². The Balaban J connectivity index is 2.24. The third kappa shape index (κ3) is 2.83. The van der Waals surface area contributed by atoms with Crippen molar-refractivity contribution in [1.82, 2.24) is 10.0 Å². The molecule has 1 heterocycles. The van der Waals surface area contributed by atoms with E-state index >= 15 is 0 Å². The molecule has 0 bridgehead atoms. The fourth-order valence-corrected chi connectivity index (χ4v) is 3.19. The molecule has 1 aliphatic rings. The van der Waals surface area contributed by atoms with Crippen LogP contribution in [0.15, 0.2) is 23.1 Å². The fraction of sp³-hybridized carbons (Fsp3) is 0.455. The monoisotopic (exact) mass is 258 g/mol. The van der Waals surface area contributed by atoms with E-state index in [1.807, 2.05) is 0 Å². The van der Waals surface area contributed by atoms with Gasteiger partial charge < -0.3 is 5.32 Å². The van der Waals surface area contributed by atoms with Crippen molar-refractivity contribution in [1.29, 1.82) is 0 Å². The maximum absolute atomic E-state index is 13.6. The minimum atomic E-state index is -3.76. The summed E-state index contributed by atoms with van der Waals surface area (Å²) >= 11 is 0. The highest BCUT2D eigenvalue weighted by Gasteiger charge is 2.24. The van der Waals surface area contributed by atoms with Gasteiger partial charge in [-0.15, -0.1) is 0 Å². The van der Waals surface area contributed by atoms with E-state index in [2.05, 4.69) is 10.0 Å². The lowest BCUT2D eigenvalue weighted by Crippen LogP contribution is -2.36. The summed E-state index contributed by atoms with van der Waals surface area (Å²) in [6, 6.07) is 3.96. The van der Waals surface area contributed by atoms with Crippen molar-refractivity contribution in [2.75, 3.05) is 13.1 Å². The summed E-state index contributed by atoms with van der Waals surface area (Å²) in [5.74, 6) is -0.705. The van der Waals surface area contributed by atoms with Gasteiger partial charge in [0.25, 0.3) is 0 Å². The van der Waals surface area contributed by atoms with Gasteiger partial charge in [-0.1, -0.05) is 6.07 Å². The van der Waals surface area contributed by atoms with Gasteiger partial charge in [0.15, 0.2) is 0 Å². The molecule has 0 amide bonds. The smallest absolute Gasteiger partial charge is 0.243 e. The van der Waals surface area contributed by atoms with Crippen LogP contribution in [0.1, 0.15) is 12.0 Å². The Morgan fingerprint density at radius 2 is 2.24 bits per heavy atom. The van der Waals surface area contributed by atoms with Gasteiger partial charge in [-0.25, -0.2) is 17.5 Å². The number of benzene rings is 1. The number of halogens is 1. The van der Waals surface area contributed by atoms with E-state index in [1.54, 1.807) is 13.0 Å². The molecule has 0 radical (unpaired) electrons. The van der Waals surface area contributed by atoms with Crippen molar-refractivity contribution < 1.29 is 12.8 Å². The average molecular weight is 258 g/mol.